The molecular formula is C17H34N2O4S2. The summed E-state index contributed by atoms with van der Waals surface area (Å²) >= 11 is 1.57. The molecule has 0 aliphatic carbocycles. The lowest BCUT2D eigenvalue weighted by molar-refractivity contribution is -0.121. The van der Waals surface area contributed by atoms with Gasteiger partial charge in [-0.3, -0.25) is 9.59 Å². The minimum absolute atomic E-state index is 0.00714. The molecule has 0 rings (SSSR count). The van der Waals surface area contributed by atoms with Gasteiger partial charge in [0.1, 0.15) is 0 Å². The molecule has 0 fully saturated rings. The molecule has 0 atom stereocenters. The van der Waals surface area contributed by atoms with Crippen LogP contribution in [0.15, 0.2) is 0 Å². The maximum absolute atomic E-state index is 11.7. The summed E-state index contributed by atoms with van der Waals surface area (Å²) in [4.78, 5) is 23.0. The fourth-order valence-electron chi connectivity index (χ4n) is 1.91. The van der Waals surface area contributed by atoms with Gasteiger partial charge in [0.15, 0.2) is 9.84 Å². The predicted octanol–water partition coefficient (Wildman–Crippen LogP) is 2.14. The van der Waals surface area contributed by atoms with Crippen molar-refractivity contribution in [1.29, 1.82) is 0 Å². The Morgan fingerprint density at radius 2 is 1.48 bits per heavy atom. The van der Waals surface area contributed by atoms with E-state index in [0.717, 1.165) is 31.4 Å². The van der Waals surface area contributed by atoms with Gasteiger partial charge in [-0.05, 0) is 38.9 Å². The third-order valence-corrected chi connectivity index (χ3v) is 7.22. The van der Waals surface area contributed by atoms with Crippen LogP contribution in [-0.2, 0) is 19.4 Å². The minimum Gasteiger partial charge on any atom is -0.356 e. The van der Waals surface area contributed by atoms with Crippen LogP contribution >= 0.6 is 11.8 Å². The highest BCUT2D eigenvalue weighted by molar-refractivity contribution is 8.00. The van der Waals surface area contributed by atoms with E-state index in [1.807, 2.05) is 0 Å². The molecule has 0 bridgehead atoms. The van der Waals surface area contributed by atoms with Crippen LogP contribution in [0.25, 0.3) is 0 Å². The number of amides is 2. The number of thioether (sulfide) groups is 1. The molecule has 0 heterocycles. The first-order valence-electron chi connectivity index (χ1n) is 9.12. The number of hydrogen-bond acceptors (Lipinski definition) is 5. The van der Waals surface area contributed by atoms with Gasteiger partial charge in [-0.1, -0.05) is 13.3 Å². The number of carbonyl (C=O) groups excluding carboxylic acids is 2. The zero-order valence-corrected chi connectivity index (χ0v) is 17.4. The van der Waals surface area contributed by atoms with Crippen molar-refractivity contribution in [1.82, 2.24) is 10.6 Å². The first-order chi connectivity index (χ1) is 11.8. The molecule has 0 saturated heterocycles. The van der Waals surface area contributed by atoms with Gasteiger partial charge in [0.25, 0.3) is 0 Å². The molecule has 0 aromatic heterocycles. The molecule has 0 aliphatic rings. The lowest BCUT2D eigenvalue weighted by atomic mass is 10.2. The van der Waals surface area contributed by atoms with Crippen LogP contribution in [0, 0.1) is 0 Å². The number of sulfone groups is 1. The van der Waals surface area contributed by atoms with Gasteiger partial charge in [0, 0.05) is 31.7 Å². The Balaban J connectivity index is 3.49. The molecule has 2 N–H and O–H groups in total. The van der Waals surface area contributed by atoms with Crippen LogP contribution in [0.4, 0.5) is 0 Å². The largest absolute Gasteiger partial charge is 0.356 e. The van der Waals surface area contributed by atoms with E-state index >= 15 is 0 Å². The molecule has 25 heavy (non-hydrogen) atoms. The summed E-state index contributed by atoms with van der Waals surface area (Å²) < 4.78 is 23.3. The van der Waals surface area contributed by atoms with E-state index in [2.05, 4.69) is 17.6 Å². The maximum atomic E-state index is 11.7. The summed E-state index contributed by atoms with van der Waals surface area (Å²) in [5.74, 6) is 1.65. The zero-order chi connectivity index (χ0) is 19.1. The van der Waals surface area contributed by atoms with Gasteiger partial charge in [-0.15, -0.1) is 0 Å². The second-order valence-corrected chi connectivity index (χ2v) is 10.2. The Hall–Kier alpha value is -0.760. The molecule has 0 unspecified atom stereocenters. The number of nitrogens with one attached hydrogen (secondary N) is 2. The summed E-state index contributed by atoms with van der Waals surface area (Å²) in [6.45, 7) is 6.59. The number of rotatable bonds is 15. The van der Waals surface area contributed by atoms with Crippen molar-refractivity contribution < 1.29 is 18.0 Å². The van der Waals surface area contributed by atoms with Gasteiger partial charge in [0.05, 0.1) is 11.0 Å². The van der Waals surface area contributed by atoms with Gasteiger partial charge in [0.2, 0.25) is 11.8 Å². The van der Waals surface area contributed by atoms with Crippen molar-refractivity contribution in [2.24, 2.45) is 0 Å². The van der Waals surface area contributed by atoms with E-state index in [9.17, 15) is 18.0 Å². The Morgan fingerprint density at radius 1 is 0.920 bits per heavy atom. The topological polar surface area (TPSA) is 92.3 Å². The Kier molecular flexibility index (Phi) is 14.0. The summed E-state index contributed by atoms with van der Waals surface area (Å²) in [7, 11) is -2.96. The van der Waals surface area contributed by atoms with E-state index < -0.39 is 9.84 Å². The van der Waals surface area contributed by atoms with Crippen molar-refractivity contribution in [3.05, 3.63) is 0 Å². The predicted molar refractivity (Wildman–Crippen MR) is 106 cm³/mol. The molecule has 8 heteroatoms. The van der Waals surface area contributed by atoms with Crippen molar-refractivity contribution in [2.45, 2.75) is 64.5 Å². The Morgan fingerprint density at radius 3 is 2.00 bits per heavy atom. The van der Waals surface area contributed by atoms with Gasteiger partial charge < -0.3 is 10.6 Å². The first kappa shape index (κ1) is 24.2. The highest BCUT2D eigenvalue weighted by Gasteiger charge is 2.15. The molecular weight excluding hydrogens is 360 g/mol. The number of hydrogen-bond donors (Lipinski definition) is 2. The van der Waals surface area contributed by atoms with E-state index in [4.69, 9.17) is 0 Å². The molecule has 148 valence electrons. The molecule has 0 spiro atoms. The molecule has 2 amide bonds. The smallest absolute Gasteiger partial charge is 0.220 e. The normalized spacial score (nSPS) is 11.5. The average molecular weight is 395 g/mol. The third kappa shape index (κ3) is 14.1. The van der Waals surface area contributed by atoms with Crippen LogP contribution in [0.2, 0.25) is 0 Å². The minimum atomic E-state index is -2.96. The molecule has 0 aromatic carbocycles. The summed E-state index contributed by atoms with van der Waals surface area (Å²) in [6.07, 6.45) is 4.41. The van der Waals surface area contributed by atoms with Crippen molar-refractivity contribution in [3.8, 4) is 0 Å². The monoisotopic (exact) mass is 394 g/mol. The fraction of sp³-hybridized carbons (Fsp3) is 0.882. The molecule has 0 radical (unpaired) electrons. The Labute approximate surface area is 157 Å². The number of unbranched alkanes of at least 4 members (excludes halogenated alkanes) is 1. The standard InChI is InChI=1S/C17H34N2O4S2/c1-4-5-8-16(20)18-10-7-11-19-17(21)9-6-12-24-13-14-25(22,23)15(2)3/h15H,4-14H2,1-3H3,(H,18,20)(H,19,21). The third-order valence-electron chi connectivity index (χ3n) is 3.68. The second kappa shape index (κ2) is 14.4. The second-order valence-electron chi connectivity index (χ2n) is 6.29. The van der Waals surface area contributed by atoms with Crippen LogP contribution in [0.3, 0.4) is 0 Å². The van der Waals surface area contributed by atoms with Crippen LogP contribution in [0.1, 0.15) is 59.3 Å². The van der Waals surface area contributed by atoms with E-state index in [0.29, 0.717) is 31.7 Å². The van der Waals surface area contributed by atoms with Crippen LogP contribution in [-0.4, -0.2) is 55.8 Å². The van der Waals surface area contributed by atoms with E-state index in [1.54, 1.807) is 25.6 Å². The van der Waals surface area contributed by atoms with Crippen molar-refractivity contribution in [3.63, 3.8) is 0 Å². The van der Waals surface area contributed by atoms with E-state index in [1.165, 1.54) is 0 Å². The van der Waals surface area contributed by atoms with E-state index in [-0.39, 0.29) is 22.8 Å². The lowest BCUT2D eigenvalue weighted by Crippen LogP contribution is -2.29. The molecule has 0 aliphatic heterocycles. The highest BCUT2D eigenvalue weighted by Crippen LogP contribution is 2.08. The first-order valence-corrected chi connectivity index (χ1v) is 12.0. The molecule has 0 saturated carbocycles. The SMILES string of the molecule is CCCCC(=O)NCCCNC(=O)CCCSCCS(=O)(=O)C(C)C. The van der Waals surface area contributed by atoms with Crippen molar-refractivity contribution in [2.75, 3.05) is 30.3 Å². The van der Waals surface area contributed by atoms with Crippen LogP contribution < -0.4 is 10.6 Å². The average Bonchev–Trinajstić information content (AvgIpc) is 2.55. The highest BCUT2D eigenvalue weighted by atomic mass is 32.2. The molecule has 0 aromatic rings. The van der Waals surface area contributed by atoms with Crippen molar-refractivity contribution >= 4 is 33.4 Å². The number of carbonyl (C=O) groups is 2. The lowest BCUT2D eigenvalue weighted by Gasteiger charge is -2.08. The van der Waals surface area contributed by atoms with Crippen LogP contribution in [0.5, 0.6) is 0 Å². The summed E-state index contributed by atoms with van der Waals surface area (Å²) in [5.41, 5.74) is 0. The molecule has 6 nitrogen and oxygen atoms in total. The quantitative estimate of drug-likeness (QED) is 0.415. The zero-order valence-electron chi connectivity index (χ0n) is 15.8. The van der Waals surface area contributed by atoms with Gasteiger partial charge >= 0.3 is 0 Å². The van der Waals surface area contributed by atoms with Gasteiger partial charge in [-0.25, -0.2) is 8.42 Å². The summed E-state index contributed by atoms with van der Waals surface area (Å²) in [5, 5.41) is 5.35. The maximum Gasteiger partial charge on any atom is 0.220 e. The Bertz CT molecular complexity index is 479. The summed E-state index contributed by atoms with van der Waals surface area (Å²) in [6, 6.07) is 0. The fourth-order valence-corrected chi connectivity index (χ4v) is 4.33. The van der Waals surface area contributed by atoms with Gasteiger partial charge in [-0.2, -0.15) is 11.8 Å².